The number of thioether (sulfide) groups is 1. The molecule has 0 saturated heterocycles. The third kappa shape index (κ3) is 3.96. The molecule has 1 unspecified atom stereocenters. The minimum atomic E-state index is -0.0855. The molecule has 0 spiro atoms. The number of rotatable bonds is 6. The maximum absolute atomic E-state index is 13.8. The van der Waals surface area contributed by atoms with Crippen molar-refractivity contribution in [2.45, 2.75) is 37.6 Å². The maximum Gasteiger partial charge on any atom is 0.137 e. The maximum atomic E-state index is 13.8. The highest BCUT2D eigenvalue weighted by atomic mass is 32.2. The summed E-state index contributed by atoms with van der Waals surface area (Å²) in [7, 11) is 1.74. The van der Waals surface area contributed by atoms with Gasteiger partial charge in [-0.3, -0.25) is 0 Å². The molecule has 0 amide bonds. The fourth-order valence-corrected chi connectivity index (χ4v) is 3.61. The zero-order chi connectivity index (χ0) is 14.6. The summed E-state index contributed by atoms with van der Waals surface area (Å²) in [6.45, 7) is 6.17. The smallest absolute Gasteiger partial charge is 0.137 e. The van der Waals surface area contributed by atoms with Crippen LogP contribution in [0.15, 0.2) is 23.1 Å². The van der Waals surface area contributed by atoms with Crippen LogP contribution in [0.25, 0.3) is 0 Å². The van der Waals surface area contributed by atoms with Crippen LogP contribution in [0.3, 0.4) is 0 Å². The molecule has 0 aromatic heterocycles. The first-order chi connectivity index (χ1) is 9.53. The van der Waals surface area contributed by atoms with Gasteiger partial charge in [0.2, 0.25) is 0 Å². The van der Waals surface area contributed by atoms with Crippen molar-refractivity contribution < 1.29 is 9.13 Å². The molecule has 4 heteroatoms. The Kier molecular flexibility index (Phi) is 5.47. The molecule has 0 bridgehead atoms. The fourth-order valence-electron chi connectivity index (χ4n) is 2.46. The van der Waals surface area contributed by atoms with Crippen molar-refractivity contribution in [1.29, 1.82) is 0 Å². The molecule has 20 heavy (non-hydrogen) atoms. The second-order valence-corrected chi connectivity index (χ2v) is 7.24. The largest absolute Gasteiger partial charge is 0.385 e. The first-order valence-electron chi connectivity index (χ1n) is 7.17. The molecular formula is C16H24FNOS. The predicted molar refractivity (Wildman–Crippen MR) is 82.8 cm³/mol. The molecule has 112 valence electrons. The van der Waals surface area contributed by atoms with E-state index >= 15 is 0 Å². The molecule has 2 nitrogen and oxygen atoms in total. The zero-order valence-electron chi connectivity index (χ0n) is 12.5. The van der Waals surface area contributed by atoms with Gasteiger partial charge < -0.3 is 10.1 Å². The SMILES string of the molecule is COCCC(C)(C)CNC1CCSc2c(F)cccc21. The van der Waals surface area contributed by atoms with E-state index in [1.54, 1.807) is 24.9 Å². The normalized spacial score (nSPS) is 18.9. The van der Waals surface area contributed by atoms with Crippen LogP contribution in [0.5, 0.6) is 0 Å². The van der Waals surface area contributed by atoms with Crippen LogP contribution in [0.1, 0.15) is 38.3 Å². The van der Waals surface area contributed by atoms with Gasteiger partial charge in [-0.2, -0.15) is 0 Å². The lowest BCUT2D eigenvalue weighted by Crippen LogP contribution is -2.34. The molecule has 0 radical (unpaired) electrons. The summed E-state index contributed by atoms with van der Waals surface area (Å²) >= 11 is 1.63. The lowest BCUT2D eigenvalue weighted by atomic mass is 9.89. The van der Waals surface area contributed by atoms with E-state index in [1.165, 1.54) is 0 Å². The van der Waals surface area contributed by atoms with Gasteiger partial charge in [-0.1, -0.05) is 26.0 Å². The van der Waals surface area contributed by atoms with Crippen LogP contribution in [-0.4, -0.2) is 26.0 Å². The number of nitrogens with one attached hydrogen (secondary N) is 1. The van der Waals surface area contributed by atoms with Crippen molar-refractivity contribution >= 4 is 11.8 Å². The molecule has 1 N–H and O–H groups in total. The lowest BCUT2D eigenvalue weighted by molar-refractivity contribution is 0.148. The Morgan fingerprint density at radius 2 is 2.25 bits per heavy atom. The topological polar surface area (TPSA) is 21.3 Å². The summed E-state index contributed by atoms with van der Waals surface area (Å²) in [6.07, 6.45) is 2.08. The number of methoxy groups -OCH3 is 1. The van der Waals surface area contributed by atoms with E-state index in [2.05, 4.69) is 19.2 Å². The number of halogens is 1. The number of ether oxygens (including phenoxy) is 1. The molecule has 1 heterocycles. The molecule has 0 aliphatic carbocycles. The molecule has 1 aliphatic heterocycles. The highest BCUT2D eigenvalue weighted by Crippen LogP contribution is 2.38. The van der Waals surface area contributed by atoms with Crippen molar-refractivity contribution in [2.24, 2.45) is 5.41 Å². The minimum Gasteiger partial charge on any atom is -0.385 e. The molecular weight excluding hydrogens is 273 g/mol. The monoisotopic (exact) mass is 297 g/mol. The summed E-state index contributed by atoms with van der Waals surface area (Å²) in [4.78, 5) is 0.825. The highest BCUT2D eigenvalue weighted by Gasteiger charge is 2.25. The third-order valence-corrected chi connectivity index (χ3v) is 4.99. The second kappa shape index (κ2) is 6.92. The van der Waals surface area contributed by atoms with Gasteiger partial charge in [0.05, 0.1) is 0 Å². The van der Waals surface area contributed by atoms with E-state index in [0.29, 0.717) is 0 Å². The van der Waals surface area contributed by atoms with Crippen LogP contribution >= 0.6 is 11.8 Å². The van der Waals surface area contributed by atoms with Gasteiger partial charge in [0, 0.05) is 31.2 Å². The summed E-state index contributed by atoms with van der Waals surface area (Å²) in [5, 5.41) is 3.62. The Balaban J connectivity index is 2.00. The van der Waals surface area contributed by atoms with E-state index in [4.69, 9.17) is 4.74 Å². The number of benzene rings is 1. The molecule has 1 atom stereocenters. The molecule has 1 aromatic rings. The summed E-state index contributed by atoms with van der Waals surface area (Å²) in [5.41, 5.74) is 1.30. The Bertz CT molecular complexity index is 450. The highest BCUT2D eigenvalue weighted by molar-refractivity contribution is 7.99. The number of hydrogen-bond acceptors (Lipinski definition) is 3. The van der Waals surface area contributed by atoms with E-state index < -0.39 is 0 Å². The Labute approximate surface area is 125 Å². The summed E-state index contributed by atoms with van der Waals surface area (Å²) < 4.78 is 19.0. The molecule has 0 saturated carbocycles. The van der Waals surface area contributed by atoms with Gasteiger partial charge >= 0.3 is 0 Å². The van der Waals surface area contributed by atoms with Crippen molar-refractivity contribution in [3.05, 3.63) is 29.6 Å². The van der Waals surface area contributed by atoms with Crippen LogP contribution in [-0.2, 0) is 4.74 Å². The van der Waals surface area contributed by atoms with E-state index in [1.807, 2.05) is 12.1 Å². The van der Waals surface area contributed by atoms with Crippen molar-refractivity contribution in [2.75, 3.05) is 26.0 Å². The lowest BCUT2D eigenvalue weighted by Gasteiger charge is -2.31. The van der Waals surface area contributed by atoms with E-state index in [-0.39, 0.29) is 17.3 Å². The van der Waals surface area contributed by atoms with Crippen LogP contribution in [0.4, 0.5) is 4.39 Å². The van der Waals surface area contributed by atoms with Gasteiger partial charge in [0.25, 0.3) is 0 Å². The fraction of sp³-hybridized carbons (Fsp3) is 0.625. The summed E-state index contributed by atoms with van der Waals surface area (Å²) in [5.74, 6) is 0.891. The van der Waals surface area contributed by atoms with Gasteiger partial charge in [-0.25, -0.2) is 4.39 Å². The Morgan fingerprint density at radius 3 is 3.00 bits per heavy atom. The van der Waals surface area contributed by atoms with Gasteiger partial charge in [-0.15, -0.1) is 11.8 Å². The molecule has 1 aliphatic rings. The third-order valence-electron chi connectivity index (χ3n) is 3.84. The number of fused-ring (bicyclic) bond motifs is 1. The average molecular weight is 297 g/mol. The van der Waals surface area contributed by atoms with Crippen LogP contribution in [0.2, 0.25) is 0 Å². The van der Waals surface area contributed by atoms with Gasteiger partial charge in [0.15, 0.2) is 0 Å². The standard InChI is InChI=1S/C16H24FNOS/c1-16(2,8-9-19-3)11-18-14-7-10-20-15-12(14)5-4-6-13(15)17/h4-6,14,18H,7-11H2,1-3H3. The quantitative estimate of drug-likeness (QED) is 0.857. The first kappa shape index (κ1) is 15.8. The van der Waals surface area contributed by atoms with E-state index in [9.17, 15) is 4.39 Å². The average Bonchev–Trinajstić information content (AvgIpc) is 2.44. The van der Waals surface area contributed by atoms with Crippen LogP contribution < -0.4 is 5.32 Å². The molecule has 2 rings (SSSR count). The molecule has 0 fully saturated rings. The zero-order valence-corrected chi connectivity index (χ0v) is 13.4. The van der Waals surface area contributed by atoms with Gasteiger partial charge in [0.1, 0.15) is 5.82 Å². The number of hydrogen-bond donors (Lipinski definition) is 1. The Morgan fingerprint density at radius 1 is 1.45 bits per heavy atom. The van der Waals surface area contributed by atoms with Crippen LogP contribution in [0, 0.1) is 11.2 Å². The minimum absolute atomic E-state index is 0.0855. The van der Waals surface area contributed by atoms with Crippen molar-refractivity contribution in [1.82, 2.24) is 5.32 Å². The van der Waals surface area contributed by atoms with Gasteiger partial charge in [-0.05, 0) is 35.6 Å². The Hall–Kier alpha value is -0.580. The second-order valence-electron chi connectivity index (χ2n) is 6.14. The first-order valence-corrected chi connectivity index (χ1v) is 8.15. The predicted octanol–water partition coefficient (Wildman–Crippen LogP) is 4.01. The van der Waals surface area contributed by atoms with E-state index in [0.717, 1.165) is 42.2 Å². The van der Waals surface area contributed by atoms with Crippen molar-refractivity contribution in [3.8, 4) is 0 Å². The summed E-state index contributed by atoms with van der Waals surface area (Å²) in [6, 6.07) is 5.68. The molecule has 1 aromatic carbocycles. The van der Waals surface area contributed by atoms with Crippen molar-refractivity contribution in [3.63, 3.8) is 0 Å².